The molecule has 2 N–H and O–H groups in total. The maximum Gasteiger partial charge on any atom is 0.181 e. The summed E-state index contributed by atoms with van der Waals surface area (Å²) in [6.07, 6.45) is 3.00. The van der Waals surface area contributed by atoms with E-state index < -0.39 is 0 Å². The number of hydrogen-bond acceptors (Lipinski definition) is 5. The van der Waals surface area contributed by atoms with E-state index in [0.29, 0.717) is 22.9 Å². The fourth-order valence-electron chi connectivity index (χ4n) is 1.85. The van der Waals surface area contributed by atoms with Crippen molar-refractivity contribution in [3.63, 3.8) is 0 Å². The summed E-state index contributed by atoms with van der Waals surface area (Å²) in [6, 6.07) is 10.8. The molecule has 0 amide bonds. The molecule has 1 aromatic carbocycles. The number of nitrogen functional groups attached to an aromatic ring is 1. The Morgan fingerprint density at radius 1 is 1.24 bits per heavy atom. The van der Waals surface area contributed by atoms with Crippen molar-refractivity contribution in [2.75, 3.05) is 5.73 Å². The molecule has 2 heterocycles. The molecule has 0 unspecified atom stereocenters. The summed E-state index contributed by atoms with van der Waals surface area (Å²) in [5, 5.41) is 13.5. The topological polar surface area (TPSA) is 93.4 Å². The second-order valence-electron chi connectivity index (χ2n) is 4.25. The minimum absolute atomic E-state index is 0.240. The second-order valence-corrected chi connectivity index (χ2v) is 4.62. The van der Waals surface area contributed by atoms with Gasteiger partial charge in [-0.1, -0.05) is 23.7 Å². The summed E-state index contributed by atoms with van der Waals surface area (Å²) < 4.78 is 1.43. The zero-order valence-electron chi connectivity index (χ0n) is 10.7. The Labute approximate surface area is 125 Å². The molecule has 21 heavy (non-hydrogen) atoms. The molecule has 0 saturated heterocycles. The number of nitrogens with two attached hydrogens (primary N) is 1. The number of halogens is 1. The third-order valence-electron chi connectivity index (χ3n) is 2.84. The molecular formula is C14H9ClN6. The molecule has 0 aliphatic rings. The van der Waals surface area contributed by atoms with Crippen molar-refractivity contribution in [2.45, 2.75) is 0 Å². The van der Waals surface area contributed by atoms with Gasteiger partial charge in [0, 0.05) is 17.4 Å². The fourth-order valence-corrected chi connectivity index (χ4v) is 2.09. The lowest BCUT2D eigenvalue weighted by molar-refractivity contribution is 0.847. The van der Waals surface area contributed by atoms with Gasteiger partial charge in [0.05, 0.1) is 5.56 Å². The van der Waals surface area contributed by atoms with E-state index in [2.05, 4.69) is 15.1 Å². The van der Waals surface area contributed by atoms with E-state index in [1.807, 2.05) is 18.2 Å². The van der Waals surface area contributed by atoms with Crippen LogP contribution in [-0.2, 0) is 0 Å². The van der Waals surface area contributed by atoms with E-state index in [-0.39, 0.29) is 5.02 Å². The molecule has 7 heteroatoms. The number of hydrogen-bond donors (Lipinski definition) is 1. The van der Waals surface area contributed by atoms with Crippen molar-refractivity contribution in [1.29, 1.82) is 5.26 Å². The van der Waals surface area contributed by atoms with Gasteiger partial charge in [0.25, 0.3) is 0 Å². The summed E-state index contributed by atoms with van der Waals surface area (Å²) in [5.74, 6) is 0.862. The number of nitriles is 1. The van der Waals surface area contributed by atoms with E-state index in [0.717, 1.165) is 5.56 Å². The van der Waals surface area contributed by atoms with E-state index in [9.17, 15) is 0 Å². The summed E-state index contributed by atoms with van der Waals surface area (Å²) in [7, 11) is 0. The van der Waals surface area contributed by atoms with Crippen LogP contribution in [0.25, 0.3) is 17.2 Å². The molecule has 0 bridgehead atoms. The summed E-state index contributed by atoms with van der Waals surface area (Å²) >= 11 is 6.13. The lowest BCUT2D eigenvalue weighted by Gasteiger charge is -2.03. The summed E-state index contributed by atoms with van der Waals surface area (Å²) in [4.78, 5) is 8.35. The lowest BCUT2D eigenvalue weighted by atomic mass is 10.2. The van der Waals surface area contributed by atoms with Crippen molar-refractivity contribution >= 4 is 17.3 Å². The molecule has 0 saturated carbocycles. The van der Waals surface area contributed by atoms with Gasteiger partial charge in [-0.25, -0.2) is 14.6 Å². The highest BCUT2D eigenvalue weighted by atomic mass is 35.5. The minimum Gasteiger partial charge on any atom is -0.399 e. The highest BCUT2D eigenvalue weighted by Gasteiger charge is 2.12. The van der Waals surface area contributed by atoms with Crippen LogP contribution in [-0.4, -0.2) is 19.7 Å². The molecule has 0 radical (unpaired) electrons. The average molecular weight is 297 g/mol. The number of benzene rings is 1. The maximum absolute atomic E-state index is 8.98. The van der Waals surface area contributed by atoms with E-state index >= 15 is 0 Å². The number of rotatable bonds is 2. The summed E-state index contributed by atoms with van der Waals surface area (Å²) in [5.41, 5.74) is 7.50. The zero-order valence-corrected chi connectivity index (χ0v) is 11.5. The molecule has 2 aromatic heterocycles. The summed E-state index contributed by atoms with van der Waals surface area (Å²) in [6.45, 7) is 0. The van der Waals surface area contributed by atoms with Crippen molar-refractivity contribution in [2.24, 2.45) is 0 Å². The lowest BCUT2D eigenvalue weighted by Crippen LogP contribution is -2.00. The average Bonchev–Trinajstić information content (AvgIpc) is 2.97. The van der Waals surface area contributed by atoms with Crippen LogP contribution in [0.5, 0.6) is 0 Å². The van der Waals surface area contributed by atoms with Crippen LogP contribution in [0.15, 0.2) is 42.9 Å². The van der Waals surface area contributed by atoms with Crippen molar-refractivity contribution in [1.82, 2.24) is 19.7 Å². The fraction of sp³-hybridized carbons (Fsp3) is 0. The zero-order chi connectivity index (χ0) is 14.8. The van der Waals surface area contributed by atoms with Crippen LogP contribution in [0.3, 0.4) is 0 Å². The smallest absolute Gasteiger partial charge is 0.181 e. The maximum atomic E-state index is 8.98. The first-order chi connectivity index (χ1) is 10.2. The first-order valence-electron chi connectivity index (χ1n) is 6.01. The van der Waals surface area contributed by atoms with Gasteiger partial charge in [0.2, 0.25) is 0 Å². The molecule has 0 aliphatic carbocycles. The second kappa shape index (κ2) is 5.23. The number of anilines is 1. The number of nitrogens with zero attached hydrogens (tertiary/aromatic N) is 5. The van der Waals surface area contributed by atoms with Gasteiger partial charge in [-0.15, -0.1) is 5.10 Å². The van der Waals surface area contributed by atoms with Crippen LogP contribution in [0, 0.1) is 11.3 Å². The normalized spacial score (nSPS) is 10.3. The number of pyridine rings is 1. The Hall–Kier alpha value is -2.91. The quantitative estimate of drug-likeness (QED) is 0.733. The highest BCUT2D eigenvalue weighted by molar-refractivity contribution is 6.33. The van der Waals surface area contributed by atoms with E-state index in [1.54, 1.807) is 18.2 Å². The first-order valence-corrected chi connectivity index (χ1v) is 6.39. The van der Waals surface area contributed by atoms with Gasteiger partial charge in [0.1, 0.15) is 17.4 Å². The molecule has 102 valence electrons. The highest BCUT2D eigenvalue weighted by Crippen LogP contribution is 2.23. The Morgan fingerprint density at radius 3 is 2.86 bits per heavy atom. The molecule has 3 rings (SSSR count). The monoisotopic (exact) mass is 296 g/mol. The Kier molecular flexibility index (Phi) is 3.26. The van der Waals surface area contributed by atoms with Gasteiger partial charge >= 0.3 is 0 Å². The van der Waals surface area contributed by atoms with Gasteiger partial charge in [-0.2, -0.15) is 5.26 Å². The molecule has 0 fully saturated rings. The van der Waals surface area contributed by atoms with Gasteiger partial charge in [0.15, 0.2) is 11.6 Å². The van der Waals surface area contributed by atoms with Crippen molar-refractivity contribution in [3.05, 3.63) is 53.4 Å². The molecule has 6 nitrogen and oxygen atoms in total. The number of aromatic nitrogens is 4. The molecule has 0 spiro atoms. The molecule has 0 aliphatic heterocycles. The minimum atomic E-state index is 0.240. The molecule has 0 atom stereocenters. The van der Waals surface area contributed by atoms with Crippen LogP contribution in [0.2, 0.25) is 5.02 Å². The van der Waals surface area contributed by atoms with E-state index in [4.69, 9.17) is 22.6 Å². The third-order valence-corrected chi connectivity index (χ3v) is 3.22. The van der Waals surface area contributed by atoms with E-state index in [1.165, 1.54) is 17.2 Å². The molecule has 3 aromatic rings. The van der Waals surface area contributed by atoms with Gasteiger partial charge in [-0.3, -0.25) is 0 Å². The Morgan fingerprint density at radius 2 is 2.10 bits per heavy atom. The van der Waals surface area contributed by atoms with Gasteiger partial charge in [-0.05, 0) is 18.2 Å². The van der Waals surface area contributed by atoms with Crippen LogP contribution in [0.1, 0.15) is 5.56 Å². The Balaban J connectivity index is 2.05. The van der Waals surface area contributed by atoms with Crippen LogP contribution >= 0.6 is 11.6 Å². The van der Waals surface area contributed by atoms with Crippen molar-refractivity contribution < 1.29 is 0 Å². The third kappa shape index (κ3) is 2.42. The van der Waals surface area contributed by atoms with Crippen LogP contribution < -0.4 is 5.73 Å². The predicted octanol–water partition coefficient (Wildman–Crippen LogP) is 2.44. The predicted molar refractivity (Wildman–Crippen MR) is 78.7 cm³/mol. The molecular weight excluding hydrogens is 288 g/mol. The van der Waals surface area contributed by atoms with Crippen LogP contribution in [0.4, 0.5) is 5.69 Å². The largest absolute Gasteiger partial charge is 0.399 e. The first kappa shape index (κ1) is 13.1. The SMILES string of the molecule is N#Cc1ccnc(-n2cnc(-c3cccc(N)c3)n2)c1Cl. The standard InChI is InChI=1S/C14H9ClN6/c15-12-10(7-16)4-5-18-14(12)21-8-19-13(20-21)9-2-1-3-11(17)6-9/h1-6,8H,17H2. The van der Waals surface area contributed by atoms with Gasteiger partial charge < -0.3 is 5.73 Å². The Bertz CT molecular complexity index is 849. The van der Waals surface area contributed by atoms with Crippen molar-refractivity contribution in [3.8, 4) is 23.3 Å².